The summed E-state index contributed by atoms with van der Waals surface area (Å²) in [6.45, 7) is 1.37. The van der Waals surface area contributed by atoms with E-state index in [1.165, 1.54) is 20.1 Å². The van der Waals surface area contributed by atoms with Crippen LogP contribution in [0, 0.1) is 6.92 Å². The van der Waals surface area contributed by atoms with Crippen LogP contribution in [0.4, 0.5) is 8.78 Å². The highest BCUT2D eigenvalue weighted by atomic mass is 19.3. The Hall–Kier alpha value is -1.56. The number of aryl methyl sites for hydroxylation is 1. The average molecular weight is 230 g/mol. The smallest absolute Gasteiger partial charge is 0.339 e. The lowest BCUT2D eigenvalue weighted by molar-refractivity contribution is 0.0598. The van der Waals surface area contributed by atoms with Crippen molar-refractivity contribution < 1.29 is 18.3 Å². The van der Waals surface area contributed by atoms with Crippen LogP contribution in [0.15, 0.2) is 6.07 Å². The van der Waals surface area contributed by atoms with Gasteiger partial charge in [-0.15, -0.1) is 0 Å². The first-order valence-electron chi connectivity index (χ1n) is 4.58. The highest BCUT2D eigenvalue weighted by Crippen LogP contribution is 2.23. The van der Waals surface area contributed by atoms with Crippen LogP contribution in [-0.2, 0) is 11.3 Å². The van der Waals surface area contributed by atoms with Crippen molar-refractivity contribution in [3.63, 3.8) is 0 Å². The topological polar surface area (TPSA) is 65.2 Å². The molecule has 0 radical (unpaired) electrons. The maximum atomic E-state index is 12.5. The zero-order valence-electron chi connectivity index (χ0n) is 8.96. The van der Waals surface area contributed by atoms with Gasteiger partial charge >= 0.3 is 5.97 Å². The molecule has 88 valence electrons. The zero-order valence-corrected chi connectivity index (χ0v) is 8.96. The molecule has 1 aromatic heterocycles. The Labute approximate surface area is 91.4 Å². The number of aromatic nitrogens is 1. The summed E-state index contributed by atoms with van der Waals surface area (Å²) in [7, 11) is 1.21. The van der Waals surface area contributed by atoms with E-state index in [-0.39, 0.29) is 29.1 Å². The van der Waals surface area contributed by atoms with Gasteiger partial charge in [-0.1, -0.05) is 0 Å². The van der Waals surface area contributed by atoms with Crippen molar-refractivity contribution in [1.29, 1.82) is 0 Å². The molecular weight excluding hydrogens is 218 g/mol. The summed E-state index contributed by atoms with van der Waals surface area (Å²) >= 11 is 0. The molecule has 0 saturated carbocycles. The highest BCUT2D eigenvalue weighted by Gasteiger charge is 2.19. The van der Waals surface area contributed by atoms with Gasteiger partial charge in [0.15, 0.2) is 0 Å². The molecule has 0 aromatic carbocycles. The van der Waals surface area contributed by atoms with Crippen molar-refractivity contribution in [3.8, 4) is 0 Å². The van der Waals surface area contributed by atoms with Crippen LogP contribution in [0.3, 0.4) is 0 Å². The van der Waals surface area contributed by atoms with Crippen LogP contribution < -0.4 is 5.73 Å². The van der Waals surface area contributed by atoms with Crippen LogP contribution in [0.25, 0.3) is 0 Å². The molecule has 0 bridgehead atoms. The number of pyridine rings is 1. The predicted molar refractivity (Wildman–Crippen MR) is 53.2 cm³/mol. The van der Waals surface area contributed by atoms with Gasteiger partial charge < -0.3 is 10.5 Å². The Morgan fingerprint density at radius 3 is 2.69 bits per heavy atom. The molecule has 0 amide bonds. The molecule has 0 atom stereocenters. The Morgan fingerprint density at radius 2 is 2.25 bits per heavy atom. The van der Waals surface area contributed by atoms with Crippen LogP contribution in [-0.4, -0.2) is 18.1 Å². The fraction of sp³-hybridized carbons (Fsp3) is 0.400. The fourth-order valence-corrected chi connectivity index (χ4v) is 1.33. The number of rotatable bonds is 3. The Balaban J connectivity index is 3.32. The van der Waals surface area contributed by atoms with Gasteiger partial charge in [0.25, 0.3) is 6.43 Å². The zero-order chi connectivity index (χ0) is 12.3. The molecule has 2 N–H and O–H groups in total. The first-order valence-corrected chi connectivity index (χ1v) is 4.58. The summed E-state index contributed by atoms with van der Waals surface area (Å²) in [5.74, 6) is -0.628. The van der Waals surface area contributed by atoms with Gasteiger partial charge in [0, 0.05) is 6.54 Å². The van der Waals surface area contributed by atoms with Crippen LogP contribution in [0.1, 0.15) is 33.7 Å². The summed E-state index contributed by atoms with van der Waals surface area (Å²) in [6, 6.07) is 1.32. The molecule has 0 aliphatic heterocycles. The van der Waals surface area contributed by atoms with Gasteiger partial charge in [0.05, 0.1) is 18.4 Å². The van der Waals surface area contributed by atoms with Crippen molar-refractivity contribution >= 4 is 5.97 Å². The summed E-state index contributed by atoms with van der Waals surface area (Å²) in [5.41, 5.74) is 5.49. The fourth-order valence-electron chi connectivity index (χ4n) is 1.33. The number of hydrogen-bond acceptors (Lipinski definition) is 4. The maximum Gasteiger partial charge on any atom is 0.339 e. The normalized spacial score (nSPS) is 10.6. The number of ether oxygens (including phenoxy) is 1. The lowest BCUT2D eigenvalue weighted by Crippen LogP contribution is -2.13. The molecule has 1 rings (SSSR count). The molecule has 16 heavy (non-hydrogen) atoms. The molecule has 0 fully saturated rings. The average Bonchev–Trinajstić information content (AvgIpc) is 2.27. The van der Waals surface area contributed by atoms with Crippen LogP contribution >= 0.6 is 0 Å². The van der Waals surface area contributed by atoms with Crippen molar-refractivity contribution in [1.82, 2.24) is 4.98 Å². The first kappa shape index (κ1) is 12.5. The second-order valence-electron chi connectivity index (χ2n) is 3.18. The SMILES string of the molecule is COC(=O)c1cc(C)c(C(F)F)nc1CN. The van der Waals surface area contributed by atoms with Gasteiger partial charge in [0.2, 0.25) is 0 Å². The molecular formula is C10H12F2N2O2. The minimum Gasteiger partial charge on any atom is -0.465 e. The molecule has 1 aromatic rings. The monoisotopic (exact) mass is 230 g/mol. The van der Waals surface area contributed by atoms with E-state index >= 15 is 0 Å². The number of carbonyl (C=O) groups is 1. The third-order valence-electron chi connectivity index (χ3n) is 2.14. The van der Waals surface area contributed by atoms with E-state index in [4.69, 9.17) is 5.73 Å². The quantitative estimate of drug-likeness (QED) is 0.800. The largest absolute Gasteiger partial charge is 0.465 e. The van der Waals surface area contributed by atoms with Gasteiger partial charge in [-0.3, -0.25) is 0 Å². The van der Waals surface area contributed by atoms with Crippen molar-refractivity contribution in [2.24, 2.45) is 5.73 Å². The predicted octanol–water partition coefficient (Wildman–Crippen LogP) is 1.57. The summed E-state index contributed by atoms with van der Waals surface area (Å²) in [4.78, 5) is 15.0. The van der Waals surface area contributed by atoms with E-state index in [2.05, 4.69) is 9.72 Å². The molecule has 6 heteroatoms. The van der Waals surface area contributed by atoms with Crippen LogP contribution in [0.2, 0.25) is 0 Å². The third-order valence-corrected chi connectivity index (χ3v) is 2.14. The lowest BCUT2D eigenvalue weighted by atomic mass is 10.1. The number of halogens is 2. The Kier molecular flexibility index (Phi) is 3.89. The Bertz CT molecular complexity index is 408. The maximum absolute atomic E-state index is 12.5. The number of hydrogen-bond donors (Lipinski definition) is 1. The van der Waals surface area contributed by atoms with E-state index in [0.717, 1.165) is 0 Å². The number of carbonyl (C=O) groups excluding carboxylic acids is 1. The molecule has 0 saturated heterocycles. The van der Waals surface area contributed by atoms with E-state index in [1.807, 2.05) is 0 Å². The first-order chi connectivity index (χ1) is 7.51. The standard InChI is InChI=1S/C10H12F2N2O2/c1-5-3-6(10(15)16-2)7(4-13)14-8(5)9(11)12/h3,9H,4,13H2,1-2H3. The number of nitrogens with zero attached hydrogens (tertiary/aromatic N) is 1. The van der Waals surface area contributed by atoms with Crippen molar-refractivity contribution in [2.75, 3.05) is 7.11 Å². The van der Waals surface area contributed by atoms with E-state index in [0.29, 0.717) is 0 Å². The number of methoxy groups -OCH3 is 1. The van der Waals surface area contributed by atoms with Crippen molar-refractivity contribution in [3.05, 3.63) is 28.6 Å². The van der Waals surface area contributed by atoms with Crippen molar-refractivity contribution in [2.45, 2.75) is 19.9 Å². The van der Waals surface area contributed by atoms with Gasteiger partial charge in [-0.2, -0.15) is 0 Å². The minimum atomic E-state index is -2.68. The van der Waals surface area contributed by atoms with Gasteiger partial charge in [-0.05, 0) is 18.6 Å². The second-order valence-corrected chi connectivity index (χ2v) is 3.18. The van der Waals surface area contributed by atoms with E-state index < -0.39 is 12.4 Å². The molecule has 0 aliphatic carbocycles. The number of esters is 1. The van der Waals surface area contributed by atoms with Crippen LogP contribution in [0.5, 0.6) is 0 Å². The molecule has 0 spiro atoms. The molecule has 0 unspecified atom stereocenters. The summed E-state index contributed by atoms with van der Waals surface area (Å²) < 4.78 is 29.6. The van der Waals surface area contributed by atoms with Gasteiger partial charge in [0.1, 0.15) is 5.69 Å². The molecule has 4 nitrogen and oxygen atoms in total. The molecule has 0 aliphatic rings. The minimum absolute atomic E-state index is 0.0928. The molecule has 1 heterocycles. The third kappa shape index (κ3) is 2.33. The lowest BCUT2D eigenvalue weighted by Gasteiger charge is -2.10. The number of alkyl halides is 2. The van der Waals surface area contributed by atoms with E-state index in [1.54, 1.807) is 0 Å². The second kappa shape index (κ2) is 4.98. The number of nitrogens with two attached hydrogens (primary N) is 1. The Morgan fingerprint density at radius 1 is 1.62 bits per heavy atom. The summed E-state index contributed by atoms with van der Waals surface area (Å²) in [6.07, 6.45) is -2.68. The summed E-state index contributed by atoms with van der Waals surface area (Å²) in [5, 5.41) is 0. The van der Waals surface area contributed by atoms with Gasteiger partial charge in [-0.25, -0.2) is 18.6 Å². The van der Waals surface area contributed by atoms with E-state index in [9.17, 15) is 13.6 Å². The highest BCUT2D eigenvalue weighted by molar-refractivity contribution is 5.90.